The second kappa shape index (κ2) is 2.64. The summed E-state index contributed by atoms with van der Waals surface area (Å²) < 4.78 is 12.8. The standard InChI is InChI=1S/C7H8FN2/c1-2-5-3-4-10-7(9)6(5)8/h3-4H,1-2H2,(H2,9,10). The van der Waals surface area contributed by atoms with E-state index in [1.807, 2.05) is 0 Å². The van der Waals surface area contributed by atoms with E-state index in [-0.39, 0.29) is 5.82 Å². The van der Waals surface area contributed by atoms with Gasteiger partial charge in [0.25, 0.3) is 0 Å². The number of rotatable bonds is 1. The van der Waals surface area contributed by atoms with Crippen molar-refractivity contribution in [3.63, 3.8) is 0 Å². The van der Waals surface area contributed by atoms with Gasteiger partial charge in [-0.1, -0.05) is 0 Å². The van der Waals surface area contributed by atoms with Crippen molar-refractivity contribution in [2.45, 2.75) is 6.42 Å². The van der Waals surface area contributed by atoms with Crippen LogP contribution in [-0.2, 0) is 6.42 Å². The van der Waals surface area contributed by atoms with Gasteiger partial charge in [0.1, 0.15) is 0 Å². The molecule has 3 heteroatoms. The van der Waals surface area contributed by atoms with Crippen molar-refractivity contribution in [3.05, 3.63) is 30.6 Å². The number of nitrogens with two attached hydrogens (primary N) is 1. The molecule has 1 heterocycles. The highest BCUT2D eigenvalue weighted by molar-refractivity contribution is 5.34. The summed E-state index contributed by atoms with van der Waals surface area (Å²) in [4.78, 5) is 3.56. The summed E-state index contributed by atoms with van der Waals surface area (Å²) in [5, 5.41) is 0. The van der Waals surface area contributed by atoms with E-state index in [1.54, 1.807) is 6.07 Å². The van der Waals surface area contributed by atoms with Gasteiger partial charge >= 0.3 is 0 Å². The number of halogens is 1. The maximum Gasteiger partial charge on any atom is 0.168 e. The molecule has 2 N–H and O–H groups in total. The second-order valence-electron chi connectivity index (χ2n) is 1.92. The van der Waals surface area contributed by atoms with Crippen LogP contribution in [0.1, 0.15) is 5.56 Å². The number of aromatic nitrogens is 1. The summed E-state index contributed by atoms with van der Waals surface area (Å²) in [7, 11) is 0. The molecule has 0 amide bonds. The van der Waals surface area contributed by atoms with Crippen LogP contribution >= 0.6 is 0 Å². The number of hydrogen-bond donors (Lipinski definition) is 1. The Bertz CT molecular complexity index is 235. The van der Waals surface area contributed by atoms with Crippen molar-refractivity contribution >= 4 is 5.82 Å². The van der Waals surface area contributed by atoms with Crippen LogP contribution in [0.3, 0.4) is 0 Å². The lowest BCUT2D eigenvalue weighted by Crippen LogP contribution is -1.97. The number of pyridine rings is 1. The van der Waals surface area contributed by atoms with Crippen LogP contribution in [0.15, 0.2) is 12.3 Å². The Kier molecular flexibility index (Phi) is 1.85. The average molecular weight is 139 g/mol. The lowest BCUT2D eigenvalue weighted by atomic mass is 10.2. The van der Waals surface area contributed by atoms with E-state index in [2.05, 4.69) is 11.9 Å². The fraction of sp³-hybridized carbons (Fsp3) is 0.143. The smallest absolute Gasteiger partial charge is 0.168 e. The Balaban J connectivity index is 3.14. The Morgan fingerprint density at radius 3 is 2.90 bits per heavy atom. The molecule has 0 aliphatic carbocycles. The molecule has 1 aromatic rings. The first-order valence-electron chi connectivity index (χ1n) is 2.94. The molecule has 0 aliphatic heterocycles. The minimum Gasteiger partial charge on any atom is -0.381 e. The van der Waals surface area contributed by atoms with Gasteiger partial charge in [0.2, 0.25) is 0 Å². The van der Waals surface area contributed by atoms with E-state index >= 15 is 0 Å². The van der Waals surface area contributed by atoms with Gasteiger partial charge in [-0.15, -0.1) is 0 Å². The van der Waals surface area contributed by atoms with Crippen molar-refractivity contribution in [2.24, 2.45) is 0 Å². The minimum atomic E-state index is -0.447. The normalized spacial score (nSPS) is 9.80. The molecule has 0 unspecified atom stereocenters. The van der Waals surface area contributed by atoms with Gasteiger partial charge in [0.05, 0.1) is 0 Å². The summed E-state index contributed by atoms with van der Waals surface area (Å²) in [6.07, 6.45) is 1.87. The number of nitrogens with zero attached hydrogens (tertiary/aromatic N) is 1. The Hall–Kier alpha value is -1.12. The SMILES string of the molecule is [CH2]Cc1ccnc(N)c1F. The quantitative estimate of drug-likeness (QED) is 0.634. The van der Waals surface area contributed by atoms with E-state index in [4.69, 9.17) is 5.73 Å². The molecule has 10 heavy (non-hydrogen) atoms. The zero-order valence-corrected chi connectivity index (χ0v) is 5.47. The summed E-state index contributed by atoms with van der Waals surface area (Å²) >= 11 is 0. The monoisotopic (exact) mass is 139 g/mol. The summed E-state index contributed by atoms with van der Waals surface area (Å²) in [6.45, 7) is 3.53. The molecular weight excluding hydrogens is 131 g/mol. The molecule has 0 saturated carbocycles. The summed E-state index contributed by atoms with van der Waals surface area (Å²) in [5.41, 5.74) is 5.69. The molecular formula is C7H8FN2. The highest BCUT2D eigenvalue weighted by Crippen LogP contribution is 2.11. The molecule has 1 aromatic heterocycles. The first kappa shape index (κ1) is 6.99. The van der Waals surface area contributed by atoms with Gasteiger partial charge in [0.15, 0.2) is 11.6 Å². The van der Waals surface area contributed by atoms with Crippen molar-refractivity contribution in [3.8, 4) is 0 Å². The van der Waals surface area contributed by atoms with Crippen molar-refractivity contribution < 1.29 is 4.39 Å². The van der Waals surface area contributed by atoms with Gasteiger partial charge in [-0.3, -0.25) is 0 Å². The Morgan fingerprint density at radius 1 is 1.70 bits per heavy atom. The number of anilines is 1. The van der Waals surface area contributed by atoms with Gasteiger partial charge in [-0.2, -0.15) is 0 Å². The highest BCUT2D eigenvalue weighted by atomic mass is 19.1. The van der Waals surface area contributed by atoms with Crippen LogP contribution in [0.2, 0.25) is 0 Å². The first-order chi connectivity index (χ1) is 4.75. The fourth-order valence-electron chi connectivity index (χ4n) is 0.695. The zero-order valence-electron chi connectivity index (χ0n) is 5.47. The first-order valence-corrected chi connectivity index (χ1v) is 2.94. The maximum absolute atomic E-state index is 12.8. The largest absolute Gasteiger partial charge is 0.381 e. The van der Waals surface area contributed by atoms with Crippen LogP contribution in [-0.4, -0.2) is 4.98 Å². The van der Waals surface area contributed by atoms with Crippen molar-refractivity contribution in [1.82, 2.24) is 4.98 Å². The van der Waals surface area contributed by atoms with Gasteiger partial charge in [-0.25, -0.2) is 9.37 Å². The van der Waals surface area contributed by atoms with E-state index in [0.29, 0.717) is 12.0 Å². The van der Waals surface area contributed by atoms with Crippen LogP contribution in [0, 0.1) is 12.7 Å². The topological polar surface area (TPSA) is 38.9 Å². The van der Waals surface area contributed by atoms with E-state index in [1.165, 1.54) is 6.20 Å². The zero-order chi connectivity index (χ0) is 7.56. The third-order valence-corrected chi connectivity index (χ3v) is 1.27. The number of hydrogen-bond acceptors (Lipinski definition) is 2. The van der Waals surface area contributed by atoms with Crippen LogP contribution in [0.25, 0.3) is 0 Å². The van der Waals surface area contributed by atoms with Gasteiger partial charge < -0.3 is 5.73 Å². The van der Waals surface area contributed by atoms with Crippen LogP contribution < -0.4 is 5.73 Å². The summed E-state index contributed by atoms with van der Waals surface area (Å²) in [6, 6.07) is 1.57. The third-order valence-electron chi connectivity index (χ3n) is 1.27. The molecule has 0 atom stereocenters. The van der Waals surface area contributed by atoms with Gasteiger partial charge in [-0.05, 0) is 25.0 Å². The van der Waals surface area contributed by atoms with Crippen molar-refractivity contribution in [1.29, 1.82) is 0 Å². The minimum absolute atomic E-state index is 0.0545. The second-order valence-corrected chi connectivity index (χ2v) is 1.92. The molecule has 0 bridgehead atoms. The third kappa shape index (κ3) is 1.07. The maximum atomic E-state index is 12.8. The van der Waals surface area contributed by atoms with Crippen LogP contribution in [0.4, 0.5) is 10.2 Å². The van der Waals surface area contributed by atoms with Gasteiger partial charge in [0, 0.05) is 6.20 Å². The molecule has 1 radical (unpaired) electrons. The molecule has 0 fully saturated rings. The molecule has 0 aromatic carbocycles. The fourth-order valence-corrected chi connectivity index (χ4v) is 0.695. The predicted octanol–water partition coefficient (Wildman–Crippen LogP) is 1.18. The average Bonchev–Trinajstić information content (AvgIpc) is 1.95. The Labute approximate surface area is 58.9 Å². The number of nitrogen functional groups attached to an aromatic ring is 1. The van der Waals surface area contributed by atoms with E-state index < -0.39 is 5.82 Å². The lowest BCUT2D eigenvalue weighted by Gasteiger charge is -1.99. The predicted molar refractivity (Wildman–Crippen MR) is 37.7 cm³/mol. The summed E-state index contributed by atoms with van der Waals surface area (Å²) in [5.74, 6) is -0.501. The van der Waals surface area contributed by atoms with E-state index in [0.717, 1.165) is 0 Å². The van der Waals surface area contributed by atoms with Crippen molar-refractivity contribution in [2.75, 3.05) is 5.73 Å². The molecule has 0 aliphatic rings. The molecule has 53 valence electrons. The molecule has 0 spiro atoms. The molecule has 1 rings (SSSR count). The van der Waals surface area contributed by atoms with Crippen LogP contribution in [0.5, 0.6) is 0 Å². The Morgan fingerprint density at radius 2 is 2.40 bits per heavy atom. The molecule has 2 nitrogen and oxygen atoms in total. The lowest BCUT2D eigenvalue weighted by molar-refractivity contribution is 0.614. The highest BCUT2D eigenvalue weighted by Gasteiger charge is 2.02. The molecule has 0 saturated heterocycles. The van der Waals surface area contributed by atoms with E-state index in [9.17, 15) is 4.39 Å².